The van der Waals surface area contributed by atoms with E-state index in [1.54, 1.807) is 0 Å². The number of carboxylic acid groups (broad SMARTS) is 1. The molecule has 0 saturated heterocycles. The Morgan fingerprint density at radius 1 is 1.47 bits per heavy atom. The lowest BCUT2D eigenvalue weighted by molar-refractivity contribution is -0.139. The lowest BCUT2D eigenvalue weighted by Gasteiger charge is -2.16. The van der Waals surface area contributed by atoms with Crippen molar-refractivity contribution in [2.24, 2.45) is 0 Å². The van der Waals surface area contributed by atoms with E-state index in [1.165, 1.54) is 6.33 Å². The van der Waals surface area contributed by atoms with Crippen molar-refractivity contribution in [3.05, 3.63) is 18.1 Å². The highest BCUT2D eigenvalue weighted by atomic mass is 16.5. The number of anilines is 1. The van der Waals surface area contributed by atoms with Gasteiger partial charge in [-0.2, -0.15) is 0 Å². The minimum atomic E-state index is -0.870. The molecular weight excluding hydrogens is 246 g/mol. The van der Waals surface area contributed by atoms with Crippen LogP contribution >= 0.6 is 0 Å². The maximum Gasteiger partial charge on any atom is 0.306 e. The maximum atomic E-state index is 10.7. The first-order valence-corrected chi connectivity index (χ1v) is 6.42. The molecule has 1 aromatic rings. The van der Waals surface area contributed by atoms with Crippen LogP contribution in [0, 0.1) is 0 Å². The van der Waals surface area contributed by atoms with Crippen molar-refractivity contribution in [3.63, 3.8) is 0 Å². The van der Waals surface area contributed by atoms with Crippen LogP contribution < -0.4 is 5.32 Å². The summed E-state index contributed by atoms with van der Waals surface area (Å²) in [6.45, 7) is 6.85. The molecule has 0 aliphatic rings. The zero-order valence-corrected chi connectivity index (χ0v) is 11.6. The monoisotopic (exact) mass is 267 g/mol. The van der Waals surface area contributed by atoms with Crippen LogP contribution in [0.3, 0.4) is 0 Å². The average Bonchev–Trinajstić information content (AvgIpc) is 2.36. The fourth-order valence-electron chi connectivity index (χ4n) is 1.62. The van der Waals surface area contributed by atoms with Crippen LogP contribution in [0.2, 0.25) is 0 Å². The van der Waals surface area contributed by atoms with E-state index in [1.807, 2.05) is 13.0 Å². The molecule has 6 heteroatoms. The Bertz CT molecular complexity index is 410. The van der Waals surface area contributed by atoms with Crippen LogP contribution in [0.15, 0.2) is 12.4 Å². The number of carbonyl (C=O) groups is 1. The molecule has 0 aliphatic carbocycles. The quantitative estimate of drug-likeness (QED) is 0.748. The predicted molar refractivity (Wildman–Crippen MR) is 72.3 cm³/mol. The second-order valence-corrected chi connectivity index (χ2v) is 4.54. The summed E-state index contributed by atoms with van der Waals surface area (Å²) in [5.41, 5.74) is 0.948. The fraction of sp³-hybridized carbons (Fsp3) is 0.615. The summed E-state index contributed by atoms with van der Waals surface area (Å²) in [6, 6.07) is 1.87. The number of ether oxygens (including phenoxy) is 1. The molecule has 0 spiro atoms. The summed E-state index contributed by atoms with van der Waals surface area (Å²) in [5.74, 6) is 0.143. The van der Waals surface area contributed by atoms with Crippen molar-refractivity contribution in [1.82, 2.24) is 9.97 Å². The van der Waals surface area contributed by atoms with Gasteiger partial charge in [-0.05, 0) is 12.8 Å². The van der Waals surface area contributed by atoms with Gasteiger partial charge in [0.1, 0.15) is 12.1 Å². The van der Waals surface area contributed by atoms with Gasteiger partial charge in [-0.25, -0.2) is 9.97 Å². The van der Waals surface area contributed by atoms with Crippen LogP contribution in [0.5, 0.6) is 0 Å². The molecule has 0 fully saturated rings. The van der Waals surface area contributed by atoms with Gasteiger partial charge in [-0.3, -0.25) is 4.79 Å². The number of rotatable bonds is 8. The number of nitrogens with zero attached hydrogens (tertiary/aromatic N) is 2. The molecule has 0 saturated carbocycles. The van der Waals surface area contributed by atoms with Crippen LogP contribution in [-0.2, 0) is 9.53 Å². The minimum absolute atomic E-state index is 0.0248. The third-order valence-corrected chi connectivity index (χ3v) is 2.60. The first kappa shape index (κ1) is 15.4. The van der Waals surface area contributed by atoms with Crippen molar-refractivity contribution in [1.29, 1.82) is 0 Å². The highest BCUT2D eigenvalue weighted by molar-refractivity contribution is 5.67. The number of carboxylic acids is 1. The van der Waals surface area contributed by atoms with Gasteiger partial charge in [0.25, 0.3) is 0 Å². The lowest BCUT2D eigenvalue weighted by Crippen LogP contribution is -2.26. The first-order valence-electron chi connectivity index (χ1n) is 6.42. The Morgan fingerprint density at radius 2 is 2.21 bits per heavy atom. The minimum Gasteiger partial charge on any atom is -0.481 e. The van der Waals surface area contributed by atoms with Crippen molar-refractivity contribution in [2.75, 3.05) is 18.5 Å². The summed E-state index contributed by atoms with van der Waals surface area (Å²) >= 11 is 0. The Morgan fingerprint density at radius 3 is 2.79 bits per heavy atom. The van der Waals surface area contributed by atoms with E-state index >= 15 is 0 Å². The number of nitrogens with one attached hydrogen (secondary N) is 1. The van der Waals surface area contributed by atoms with Gasteiger partial charge in [-0.1, -0.05) is 13.8 Å². The molecule has 0 amide bonds. The van der Waals surface area contributed by atoms with Gasteiger partial charge in [0.05, 0.1) is 12.5 Å². The fourth-order valence-corrected chi connectivity index (χ4v) is 1.62. The second-order valence-electron chi connectivity index (χ2n) is 4.54. The molecule has 2 N–H and O–H groups in total. The predicted octanol–water partition coefficient (Wildman–Crippen LogP) is 1.89. The largest absolute Gasteiger partial charge is 0.481 e. The summed E-state index contributed by atoms with van der Waals surface area (Å²) < 4.78 is 5.37. The van der Waals surface area contributed by atoms with Crippen molar-refractivity contribution in [3.8, 4) is 0 Å². The van der Waals surface area contributed by atoms with Crippen molar-refractivity contribution < 1.29 is 14.6 Å². The summed E-state index contributed by atoms with van der Waals surface area (Å²) in [5, 5.41) is 11.9. The molecular formula is C13H21N3O3. The van der Waals surface area contributed by atoms with E-state index in [-0.39, 0.29) is 12.5 Å². The van der Waals surface area contributed by atoms with E-state index in [4.69, 9.17) is 9.84 Å². The molecule has 1 aromatic heterocycles. The second kappa shape index (κ2) is 7.68. The van der Waals surface area contributed by atoms with E-state index in [9.17, 15) is 4.79 Å². The third kappa shape index (κ3) is 5.65. The van der Waals surface area contributed by atoms with Gasteiger partial charge in [0, 0.05) is 24.9 Å². The van der Waals surface area contributed by atoms with E-state index in [0.717, 1.165) is 5.69 Å². The molecule has 106 valence electrons. The average molecular weight is 267 g/mol. The van der Waals surface area contributed by atoms with Crippen LogP contribution in [0.25, 0.3) is 0 Å². The van der Waals surface area contributed by atoms with Gasteiger partial charge < -0.3 is 15.2 Å². The number of hydrogen-bond acceptors (Lipinski definition) is 5. The zero-order chi connectivity index (χ0) is 14.3. The molecule has 0 bridgehead atoms. The maximum absolute atomic E-state index is 10.7. The Kier molecular flexibility index (Phi) is 6.21. The van der Waals surface area contributed by atoms with Crippen molar-refractivity contribution >= 4 is 11.8 Å². The zero-order valence-electron chi connectivity index (χ0n) is 11.6. The van der Waals surface area contributed by atoms with Crippen LogP contribution in [0.4, 0.5) is 5.82 Å². The molecule has 6 nitrogen and oxygen atoms in total. The Balaban J connectivity index is 2.58. The first-order chi connectivity index (χ1) is 9.02. The van der Waals surface area contributed by atoms with Gasteiger partial charge in [0.15, 0.2) is 0 Å². The standard InChI is InChI=1S/C13H21N3O3/c1-4-19-10(5-13(17)18)7-14-12-6-11(9(2)3)15-8-16-12/h6,8-10H,4-5,7H2,1-3H3,(H,17,18)(H,14,15,16). The molecule has 1 heterocycles. The normalized spacial score (nSPS) is 12.4. The van der Waals surface area contributed by atoms with Gasteiger partial charge in [-0.15, -0.1) is 0 Å². The highest BCUT2D eigenvalue weighted by Crippen LogP contribution is 2.13. The van der Waals surface area contributed by atoms with Crippen LogP contribution in [-0.4, -0.2) is 40.3 Å². The molecule has 1 unspecified atom stereocenters. The SMILES string of the molecule is CCOC(CNc1cc(C(C)C)ncn1)CC(=O)O. The Hall–Kier alpha value is -1.69. The smallest absolute Gasteiger partial charge is 0.306 e. The number of hydrogen-bond donors (Lipinski definition) is 2. The highest BCUT2D eigenvalue weighted by Gasteiger charge is 2.13. The summed E-state index contributed by atoms with van der Waals surface area (Å²) in [7, 11) is 0. The van der Waals surface area contributed by atoms with E-state index in [0.29, 0.717) is 24.9 Å². The van der Waals surface area contributed by atoms with E-state index in [2.05, 4.69) is 29.1 Å². The Labute approximate surface area is 113 Å². The number of aromatic nitrogens is 2. The van der Waals surface area contributed by atoms with Gasteiger partial charge >= 0.3 is 5.97 Å². The molecule has 0 radical (unpaired) electrons. The summed E-state index contributed by atoms with van der Waals surface area (Å²) in [6.07, 6.45) is 1.12. The lowest BCUT2D eigenvalue weighted by atomic mass is 10.1. The third-order valence-electron chi connectivity index (χ3n) is 2.60. The molecule has 1 rings (SSSR count). The molecule has 1 atom stereocenters. The topological polar surface area (TPSA) is 84.3 Å². The summed E-state index contributed by atoms with van der Waals surface area (Å²) in [4.78, 5) is 19.0. The number of aliphatic carboxylic acids is 1. The van der Waals surface area contributed by atoms with E-state index < -0.39 is 5.97 Å². The molecule has 0 aliphatic heterocycles. The van der Waals surface area contributed by atoms with Gasteiger partial charge in [0.2, 0.25) is 0 Å². The molecule has 19 heavy (non-hydrogen) atoms. The van der Waals surface area contributed by atoms with Crippen LogP contribution in [0.1, 0.15) is 38.8 Å². The molecule has 0 aromatic carbocycles. The van der Waals surface area contributed by atoms with Crippen molar-refractivity contribution in [2.45, 2.75) is 39.2 Å².